The third-order valence-electron chi connectivity index (χ3n) is 7.65. The third-order valence-corrected chi connectivity index (χ3v) is 8.65. The Balaban J connectivity index is 1.38. The molecule has 0 N–H and O–H groups in total. The van der Waals surface area contributed by atoms with E-state index < -0.39 is 0 Å². The Morgan fingerprint density at radius 2 is 1.50 bits per heavy atom. The van der Waals surface area contributed by atoms with Crippen molar-refractivity contribution in [2.75, 3.05) is 0 Å². The number of benzene rings is 2. The SMILES string of the molecule is Cc1ccc(CSc2nnc(C34CC5CC(CC(C5)C3)C4)n2-c2ccccc2)cc1. The predicted molar refractivity (Wildman–Crippen MR) is 122 cm³/mol. The summed E-state index contributed by atoms with van der Waals surface area (Å²) in [5.74, 6) is 4.87. The Bertz CT molecular complexity index is 1000. The van der Waals surface area contributed by atoms with Crippen LogP contribution in [0.15, 0.2) is 59.8 Å². The van der Waals surface area contributed by atoms with Gasteiger partial charge in [-0.25, -0.2) is 0 Å². The van der Waals surface area contributed by atoms with Crippen LogP contribution in [0, 0.1) is 24.7 Å². The van der Waals surface area contributed by atoms with Crippen molar-refractivity contribution in [2.24, 2.45) is 17.8 Å². The number of para-hydroxylation sites is 1. The maximum absolute atomic E-state index is 4.90. The molecule has 4 bridgehead atoms. The molecule has 2 aromatic carbocycles. The maximum atomic E-state index is 4.90. The smallest absolute Gasteiger partial charge is 0.196 e. The van der Waals surface area contributed by atoms with Crippen LogP contribution in [0.25, 0.3) is 5.69 Å². The molecule has 4 fully saturated rings. The lowest BCUT2D eigenvalue weighted by Crippen LogP contribution is -2.49. The van der Waals surface area contributed by atoms with E-state index in [0.29, 0.717) is 0 Å². The summed E-state index contributed by atoms with van der Waals surface area (Å²) in [7, 11) is 0. The summed E-state index contributed by atoms with van der Waals surface area (Å²) in [6.07, 6.45) is 8.29. The summed E-state index contributed by atoms with van der Waals surface area (Å²) >= 11 is 1.82. The molecule has 0 spiro atoms. The van der Waals surface area contributed by atoms with E-state index in [4.69, 9.17) is 10.2 Å². The topological polar surface area (TPSA) is 30.7 Å². The molecule has 3 aromatic rings. The molecule has 4 heteroatoms. The Labute approximate surface area is 183 Å². The first-order chi connectivity index (χ1) is 14.7. The number of hydrogen-bond donors (Lipinski definition) is 0. The number of hydrogen-bond acceptors (Lipinski definition) is 3. The van der Waals surface area contributed by atoms with Crippen LogP contribution in [0.5, 0.6) is 0 Å². The van der Waals surface area contributed by atoms with E-state index >= 15 is 0 Å². The van der Waals surface area contributed by atoms with Crippen LogP contribution >= 0.6 is 11.8 Å². The van der Waals surface area contributed by atoms with Gasteiger partial charge in [-0.3, -0.25) is 4.57 Å². The van der Waals surface area contributed by atoms with Gasteiger partial charge in [-0.15, -0.1) is 10.2 Å². The predicted octanol–water partition coefficient (Wildman–Crippen LogP) is 6.34. The van der Waals surface area contributed by atoms with E-state index in [1.165, 1.54) is 61.2 Å². The minimum Gasteiger partial charge on any atom is -0.274 e. The molecule has 4 aliphatic carbocycles. The van der Waals surface area contributed by atoms with E-state index in [-0.39, 0.29) is 5.41 Å². The molecule has 154 valence electrons. The van der Waals surface area contributed by atoms with E-state index in [1.54, 1.807) is 0 Å². The molecule has 4 saturated carbocycles. The van der Waals surface area contributed by atoms with Gasteiger partial charge in [0.05, 0.1) is 0 Å². The Morgan fingerprint density at radius 3 is 2.13 bits per heavy atom. The normalized spacial score (nSPS) is 29.4. The van der Waals surface area contributed by atoms with Gasteiger partial charge in [0, 0.05) is 16.9 Å². The summed E-state index contributed by atoms with van der Waals surface area (Å²) in [4.78, 5) is 0. The first kappa shape index (κ1) is 18.7. The largest absolute Gasteiger partial charge is 0.274 e. The molecule has 0 aliphatic heterocycles. The fourth-order valence-corrected chi connectivity index (χ4v) is 7.64. The number of aryl methyl sites for hydroxylation is 1. The van der Waals surface area contributed by atoms with Gasteiger partial charge in [-0.1, -0.05) is 59.8 Å². The molecular weight excluding hydrogens is 386 g/mol. The Morgan fingerprint density at radius 1 is 0.867 bits per heavy atom. The second-order valence-electron chi connectivity index (χ2n) is 9.95. The standard InChI is InChI=1S/C26H29N3S/c1-18-7-9-19(10-8-18)17-30-25-28-27-24(29(25)23-5-3-2-4-6-23)26-14-20-11-21(15-26)13-22(12-20)16-26/h2-10,20-22H,11-17H2,1H3. The van der Waals surface area contributed by atoms with Crippen molar-refractivity contribution in [2.45, 2.75) is 61.8 Å². The average molecular weight is 416 g/mol. The second-order valence-corrected chi connectivity index (χ2v) is 10.9. The van der Waals surface area contributed by atoms with E-state index in [0.717, 1.165) is 28.7 Å². The molecule has 0 amide bonds. The maximum Gasteiger partial charge on any atom is 0.196 e. The second kappa shape index (κ2) is 7.26. The minimum atomic E-state index is 0.236. The van der Waals surface area contributed by atoms with Crippen LogP contribution in [0.2, 0.25) is 0 Å². The van der Waals surface area contributed by atoms with Crippen LogP contribution < -0.4 is 0 Å². The third kappa shape index (κ3) is 3.20. The van der Waals surface area contributed by atoms with Crippen molar-refractivity contribution in [1.82, 2.24) is 14.8 Å². The number of rotatable bonds is 5. The van der Waals surface area contributed by atoms with Crippen molar-refractivity contribution in [3.63, 3.8) is 0 Å². The average Bonchev–Trinajstić information content (AvgIpc) is 3.18. The van der Waals surface area contributed by atoms with Gasteiger partial charge >= 0.3 is 0 Å². The molecule has 7 rings (SSSR count). The van der Waals surface area contributed by atoms with Crippen LogP contribution in [0.1, 0.15) is 55.5 Å². The number of nitrogens with zero attached hydrogens (tertiary/aromatic N) is 3. The van der Waals surface area contributed by atoms with Gasteiger partial charge in [-0.2, -0.15) is 0 Å². The van der Waals surface area contributed by atoms with Crippen molar-refractivity contribution >= 4 is 11.8 Å². The minimum absolute atomic E-state index is 0.236. The summed E-state index contributed by atoms with van der Waals surface area (Å²) in [5.41, 5.74) is 4.09. The van der Waals surface area contributed by atoms with E-state index in [9.17, 15) is 0 Å². The molecule has 1 heterocycles. The van der Waals surface area contributed by atoms with Crippen LogP contribution in [0.3, 0.4) is 0 Å². The van der Waals surface area contributed by atoms with Crippen LogP contribution in [-0.2, 0) is 11.2 Å². The van der Waals surface area contributed by atoms with E-state index in [1.807, 2.05) is 11.8 Å². The highest BCUT2D eigenvalue weighted by molar-refractivity contribution is 7.98. The first-order valence-corrected chi connectivity index (χ1v) is 12.4. The lowest BCUT2D eigenvalue weighted by Gasteiger charge is -2.56. The zero-order valence-corrected chi connectivity index (χ0v) is 18.4. The summed E-state index contributed by atoms with van der Waals surface area (Å²) in [6, 6.07) is 19.6. The zero-order chi connectivity index (χ0) is 20.1. The van der Waals surface area contributed by atoms with Gasteiger partial charge in [0.25, 0.3) is 0 Å². The molecule has 4 aliphatic rings. The highest BCUT2D eigenvalue weighted by Gasteiger charge is 2.54. The number of aromatic nitrogens is 3. The quantitative estimate of drug-likeness (QED) is 0.456. The van der Waals surface area contributed by atoms with Gasteiger partial charge in [0.2, 0.25) is 0 Å². The lowest BCUT2D eigenvalue weighted by atomic mass is 9.49. The Hall–Kier alpha value is -2.07. The van der Waals surface area contributed by atoms with Gasteiger partial charge in [0.15, 0.2) is 5.16 Å². The molecular formula is C26H29N3S. The molecule has 30 heavy (non-hydrogen) atoms. The monoisotopic (exact) mass is 415 g/mol. The summed E-state index contributed by atoms with van der Waals surface area (Å²) in [5, 5.41) is 10.7. The summed E-state index contributed by atoms with van der Waals surface area (Å²) < 4.78 is 2.39. The molecule has 3 nitrogen and oxygen atoms in total. The number of thioether (sulfide) groups is 1. The molecule has 0 unspecified atom stereocenters. The zero-order valence-electron chi connectivity index (χ0n) is 17.6. The van der Waals surface area contributed by atoms with Crippen molar-refractivity contribution in [3.05, 3.63) is 71.5 Å². The highest BCUT2D eigenvalue weighted by atomic mass is 32.2. The molecule has 1 aromatic heterocycles. The van der Waals surface area contributed by atoms with E-state index in [2.05, 4.69) is 66.1 Å². The van der Waals surface area contributed by atoms with Gasteiger partial charge in [-0.05, 0) is 80.9 Å². The Kier molecular flexibility index (Phi) is 4.52. The first-order valence-electron chi connectivity index (χ1n) is 11.4. The van der Waals surface area contributed by atoms with Crippen molar-refractivity contribution < 1.29 is 0 Å². The fourth-order valence-electron chi connectivity index (χ4n) is 6.73. The molecule has 0 saturated heterocycles. The van der Waals surface area contributed by atoms with Crippen LogP contribution in [0.4, 0.5) is 0 Å². The van der Waals surface area contributed by atoms with Gasteiger partial charge in [0.1, 0.15) is 5.82 Å². The molecule has 0 atom stereocenters. The lowest BCUT2D eigenvalue weighted by molar-refractivity contribution is -0.0103. The molecule has 0 radical (unpaired) electrons. The highest BCUT2D eigenvalue weighted by Crippen LogP contribution is 2.60. The van der Waals surface area contributed by atoms with Gasteiger partial charge < -0.3 is 0 Å². The van der Waals surface area contributed by atoms with Crippen molar-refractivity contribution in [1.29, 1.82) is 0 Å². The fraction of sp³-hybridized carbons (Fsp3) is 0.462. The van der Waals surface area contributed by atoms with Crippen molar-refractivity contribution in [3.8, 4) is 5.69 Å². The summed E-state index contributed by atoms with van der Waals surface area (Å²) in [6.45, 7) is 2.14. The van der Waals surface area contributed by atoms with Crippen LogP contribution in [-0.4, -0.2) is 14.8 Å².